The molecule has 0 aliphatic rings. The third-order valence-corrected chi connectivity index (χ3v) is 4.18. The zero-order valence-corrected chi connectivity index (χ0v) is 13.5. The van der Waals surface area contributed by atoms with Gasteiger partial charge in [-0.2, -0.15) is 0 Å². The van der Waals surface area contributed by atoms with Crippen molar-refractivity contribution in [1.29, 1.82) is 0 Å². The maximum Gasteiger partial charge on any atom is 0.126 e. The maximum atomic E-state index is 13.4. The van der Waals surface area contributed by atoms with Crippen LogP contribution in [0.3, 0.4) is 0 Å². The zero-order valence-electron chi connectivity index (χ0n) is 13.5. The van der Waals surface area contributed by atoms with E-state index < -0.39 is 0 Å². The molecule has 0 aliphatic carbocycles. The maximum absolute atomic E-state index is 13.4. The van der Waals surface area contributed by atoms with E-state index in [0.717, 1.165) is 12.0 Å². The van der Waals surface area contributed by atoms with Gasteiger partial charge in [0.05, 0.1) is 0 Å². The van der Waals surface area contributed by atoms with E-state index >= 15 is 0 Å². The van der Waals surface area contributed by atoms with Gasteiger partial charge in [-0.1, -0.05) is 29.8 Å². The highest BCUT2D eigenvalue weighted by atomic mass is 19.1. The number of hydrogen-bond acceptors (Lipinski definition) is 1. The Kier molecular flexibility index (Phi) is 4.79. The molecule has 2 rings (SSSR count). The van der Waals surface area contributed by atoms with Crippen LogP contribution in [0.5, 0.6) is 0 Å². The fourth-order valence-electron chi connectivity index (χ4n) is 3.01. The molecule has 1 unspecified atom stereocenters. The summed E-state index contributed by atoms with van der Waals surface area (Å²) < 4.78 is 13.4. The molecule has 0 aromatic heterocycles. The Labute approximate surface area is 127 Å². The largest absolute Gasteiger partial charge is 0.313 e. The van der Waals surface area contributed by atoms with Crippen molar-refractivity contribution in [2.45, 2.75) is 40.2 Å². The number of rotatable bonds is 4. The smallest absolute Gasteiger partial charge is 0.126 e. The summed E-state index contributed by atoms with van der Waals surface area (Å²) in [5, 5.41) is 3.36. The highest BCUT2D eigenvalue weighted by Crippen LogP contribution is 2.25. The first-order chi connectivity index (χ1) is 9.92. The van der Waals surface area contributed by atoms with E-state index in [-0.39, 0.29) is 11.9 Å². The van der Waals surface area contributed by atoms with Gasteiger partial charge in [0.1, 0.15) is 5.82 Å². The summed E-state index contributed by atoms with van der Waals surface area (Å²) in [5.41, 5.74) is 7.16. The van der Waals surface area contributed by atoms with Crippen molar-refractivity contribution in [3.63, 3.8) is 0 Å². The Morgan fingerprint density at radius 1 is 0.952 bits per heavy atom. The average Bonchev–Trinajstić information content (AvgIpc) is 2.41. The molecule has 0 radical (unpaired) electrons. The first-order valence-electron chi connectivity index (χ1n) is 7.42. The van der Waals surface area contributed by atoms with Gasteiger partial charge in [-0.25, -0.2) is 4.39 Å². The van der Waals surface area contributed by atoms with Crippen LogP contribution < -0.4 is 5.32 Å². The Balaban J connectivity index is 2.33. The number of benzene rings is 2. The summed E-state index contributed by atoms with van der Waals surface area (Å²) in [7, 11) is 1.96. The van der Waals surface area contributed by atoms with E-state index in [4.69, 9.17) is 0 Å². The lowest BCUT2D eigenvalue weighted by Gasteiger charge is -2.20. The molecule has 1 nitrogen and oxygen atoms in total. The van der Waals surface area contributed by atoms with Crippen LogP contribution in [0.4, 0.5) is 4.39 Å². The van der Waals surface area contributed by atoms with Crippen LogP contribution in [0.25, 0.3) is 0 Å². The predicted molar refractivity (Wildman–Crippen MR) is 87.3 cm³/mol. The van der Waals surface area contributed by atoms with Gasteiger partial charge < -0.3 is 5.32 Å². The summed E-state index contributed by atoms with van der Waals surface area (Å²) in [4.78, 5) is 0. The van der Waals surface area contributed by atoms with E-state index in [1.54, 1.807) is 6.07 Å². The predicted octanol–water partition coefficient (Wildman–Crippen LogP) is 4.56. The fourth-order valence-corrected chi connectivity index (χ4v) is 3.01. The highest BCUT2D eigenvalue weighted by molar-refractivity contribution is 5.39. The number of nitrogens with one attached hydrogen (secondary N) is 1. The Hall–Kier alpha value is -1.67. The van der Waals surface area contributed by atoms with Gasteiger partial charge in [0.25, 0.3) is 0 Å². The van der Waals surface area contributed by atoms with Gasteiger partial charge in [-0.05, 0) is 75.0 Å². The van der Waals surface area contributed by atoms with Crippen molar-refractivity contribution < 1.29 is 4.39 Å². The van der Waals surface area contributed by atoms with Crippen molar-refractivity contribution in [3.05, 3.63) is 69.5 Å². The van der Waals surface area contributed by atoms with Crippen LogP contribution in [0, 0.1) is 33.5 Å². The van der Waals surface area contributed by atoms with Gasteiger partial charge in [0.2, 0.25) is 0 Å². The summed E-state index contributed by atoms with van der Waals surface area (Å²) in [5.74, 6) is -0.142. The Morgan fingerprint density at radius 2 is 1.57 bits per heavy atom. The first-order valence-corrected chi connectivity index (χ1v) is 7.42. The molecule has 21 heavy (non-hydrogen) atoms. The van der Waals surface area contributed by atoms with Crippen molar-refractivity contribution >= 4 is 0 Å². The van der Waals surface area contributed by atoms with Crippen molar-refractivity contribution in [2.75, 3.05) is 7.05 Å². The number of aryl methyl sites for hydroxylation is 4. The first kappa shape index (κ1) is 15.7. The Bertz CT molecular complexity index is 623. The normalized spacial score (nSPS) is 12.5. The van der Waals surface area contributed by atoms with Gasteiger partial charge >= 0.3 is 0 Å². The van der Waals surface area contributed by atoms with Crippen LogP contribution in [0.2, 0.25) is 0 Å². The molecule has 2 heteroatoms. The van der Waals surface area contributed by atoms with Crippen molar-refractivity contribution in [2.24, 2.45) is 0 Å². The molecule has 0 saturated heterocycles. The molecule has 0 bridgehead atoms. The fraction of sp³-hybridized carbons (Fsp3) is 0.368. The van der Waals surface area contributed by atoms with E-state index in [1.807, 2.05) is 26.1 Å². The van der Waals surface area contributed by atoms with Crippen LogP contribution in [-0.2, 0) is 6.42 Å². The molecule has 2 aromatic rings. The molecule has 2 aromatic carbocycles. The van der Waals surface area contributed by atoms with E-state index in [2.05, 4.69) is 38.2 Å². The monoisotopic (exact) mass is 285 g/mol. The molecule has 0 heterocycles. The third-order valence-electron chi connectivity index (χ3n) is 4.18. The van der Waals surface area contributed by atoms with Crippen LogP contribution in [-0.4, -0.2) is 7.05 Å². The molecule has 0 amide bonds. The average molecular weight is 285 g/mol. The van der Waals surface area contributed by atoms with Crippen LogP contribution >= 0.6 is 0 Å². The number of likely N-dealkylation sites (N-methyl/N-ethyl adjacent to an activating group) is 1. The minimum atomic E-state index is -0.142. The molecule has 0 saturated carbocycles. The molecule has 1 N–H and O–H groups in total. The number of hydrogen-bond donors (Lipinski definition) is 1. The summed E-state index contributed by atoms with van der Waals surface area (Å²) in [6, 6.07) is 10.0. The van der Waals surface area contributed by atoms with Gasteiger partial charge in [-0.3, -0.25) is 0 Å². The molecule has 112 valence electrons. The van der Waals surface area contributed by atoms with E-state index in [9.17, 15) is 4.39 Å². The summed E-state index contributed by atoms with van der Waals surface area (Å²) in [6.07, 6.45) is 0.916. The second-order valence-electron chi connectivity index (χ2n) is 5.93. The standard InChI is InChI=1S/C19H24FN/c1-12-8-13(2)17(14(3)9-12)11-19(21-5)16-6-7-18(20)15(4)10-16/h6-10,19,21H,11H2,1-5H3. The zero-order chi connectivity index (χ0) is 15.6. The minimum absolute atomic E-state index is 0.142. The lowest BCUT2D eigenvalue weighted by atomic mass is 9.91. The summed E-state index contributed by atoms with van der Waals surface area (Å²) >= 11 is 0. The molecule has 0 fully saturated rings. The van der Waals surface area contributed by atoms with Crippen LogP contribution in [0.15, 0.2) is 30.3 Å². The molecular weight excluding hydrogens is 261 g/mol. The van der Waals surface area contributed by atoms with Crippen LogP contribution in [0.1, 0.15) is 39.4 Å². The topological polar surface area (TPSA) is 12.0 Å². The lowest BCUT2D eigenvalue weighted by molar-refractivity contribution is 0.580. The van der Waals surface area contributed by atoms with Crippen molar-refractivity contribution in [3.8, 4) is 0 Å². The molecular formula is C19H24FN. The van der Waals surface area contributed by atoms with Gasteiger partial charge in [0.15, 0.2) is 0 Å². The van der Waals surface area contributed by atoms with Gasteiger partial charge in [-0.15, -0.1) is 0 Å². The second-order valence-corrected chi connectivity index (χ2v) is 5.93. The second kappa shape index (κ2) is 6.40. The minimum Gasteiger partial charge on any atom is -0.313 e. The molecule has 1 atom stereocenters. The molecule has 0 spiro atoms. The van der Waals surface area contributed by atoms with E-state index in [1.165, 1.54) is 22.3 Å². The quantitative estimate of drug-likeness (QED) is 0.868. The highest BCUT2D eigenvalue weighted by Gasteiger charge is 2.14. The summed E-state index contributed by atoms with van der Waals surface area (Å²) in [6.45, 7) is 8.27. The lowest BCUT2D eigenvalue weighted by Crippen LogP contribution is -2.20. The number of halogens is 1. The Morgan fingerprint density at radius 3 is 2.10 bits per heavy atom. The SMILES string of the molecule is CNC(Cc1c(C)cc(C)cc1C)c1ccc(F)c(C)c1. The van der Waals surface area contributed by atoms with E-state index in [0.29, 0.717) is 5.56 Å². The van der Waals surface area contributed by atoms with Crippen molar-refractivity contribution in [1.82, 2.24) is 5.32 Å². The third kappa shape index (κ3) is 3.51. The van der Waals surface area contributed by atoms with Gasteiger partial charge in [0, 0.05) is 6.04 Å². The molecule has 0 aliphatic heterocycles.